The van der Waals surface area contributed by atoms with Crippen molar-refractivity contribution >= 4 is 45.8 Å². The van der Waals surface area contributed by atoms with E-state index in [0.717, 1.165) is 16.3 Å². The molecule has 0 saturated heterocycles. The van der Waals surface area contributed by atoms with Crippen molar-refractivity contribution in [3.63, 3.8) is 0 Å². The molecule has 0 atom stereocenters. The highest BCUT2D eigenvalue weighted by Crippen LogP contribution is 2.19. The standard InChI is InChI=1S/C20H15FN2OS/c21-17-10-3-4-11-18(17)22-20(25)23-19(24)13-12-15-8-5-7-14-6-1-2-9-16(14)15/h1-13H,(H2,22,23,24,25). The van der Waals surface area contributed by atoms with Gasteiger partial charge in [-0.25, -0.2) is 4.39 Å². The van der Waals surface area contributed by atoms with E-state index < -0.39 is 5.82 Å². The van der Waals surface area contributed by atoms with Crippen LogP contribution in [-0.2, 0) is 4.79 Å². The molecule has 0 aliphatic heterocycles. The Balaban J connectivity index is 1.66. The first-order valence-corrected chi connectivity index (χ1v) is 8.06. The fourth-order valence-electron chi connectivity index (χ4n) is 2.43. The third kappa shape index (κ3) is 4.28. The molecule has 124 valence electrons. The Labute approximate surface area is 150 Å². The summed E-state index contributed by atoms with van der Waals surface area (Å²) in [6.45, 7) is 0. The second-order valence-electron chi connectivity index (χ2n) is 5.32. The van der Waals surface area contributed by atoms with Gasteiger partial charge in [-0.2, -0.15) is 0 Å². The summed E-state index contributed by atoms with van der Waals surface area (Å²) in [6.07, 6.45) is 3.13. The van der Waals surface area contributed by atoms with Gasteiger partial charge in [0.2, 0.25) is 5.91 Å². The maximum Gasteiger partial charge on any atom is 0.250 e. The number of fused-ring (bicyclic) bond motifs is 1. The van der Waals surface area contributed by atoms with Crippen molar-refractivity contribution in [2.45, 2.75) is 0 Å². The third-order valence-electron chi connectivity index (χ3n) is 3.60. The van der Waals surface area contributed by atoms with Gasteiger partial charge in [-0.15, -0.1) is 0 Å². The van der Waals surface area contributed by atoms with Crippen LogP contribution in [0.25, 0.3) is 16.8 Å². The number of amides is 1. The quantitative estimate of drug-likeness (QED) is 0.540. The number of para-hydroxylation sites is 1. The van der Waals surface area contributed by atoms with Gasteiger partial charge in [0.1, 0.15) is 5.82 Å². The van der Waals surface area contributed by atoms with Gasteiger partial charge >= 0.3 is 0 Å². The highest BCUT2D eigenvalue weighted by Gasteiger charge is 2.05. The van der Waals surface area contributed by atoms with Gasteiger partial charge in [-0.3, -0.25) is 10.1 Å². The van der Waals surface area contributed by atoms with E-state index >= 15 is 0 Å². The number of carbonyl (C=O) groups excluding carboxylic acids is 1. The van der Waals surface area contributed by atoms with Crippen LogP contribution in [0.2, 0.25) is 0 Å². The van der Waals surface area contributed by atoms with Gasteiger partial charge < -0.3 is 5.32 Å². The number of halogens is 1. The van der Waals surface area contributed by atoms with Crippen molar-refractivity contribution in [3.8, 4) is 0 Å². The molecule has 3 rings (SSSR count). The molecule has 0 saturated carbocycles. The average Bonchev–Trinajstić information content (AvgIpc) is 2.62. The Hall–Kier alpha value is -3.05. The Morgan fingerprint density at radius 3 is 2.52 bits per heavy atom. The Kier molecular flexibility index (Phi) is 5.16. The predicted octanol–water partition coefficient (Wildman–Crippen LogP) is 4.51. The predicted molar refractivity (Wildman–Crippen MR) is 104 cm³/mol. The van der Waals surface area contributed by atoms with Crippen molar-refractivity contribution in [1.82, 2.24) is 5.32 Å². The Bertz CT molecular complexity index is 963. The first-order chi connectivity index (χ1) is 12.1. The van der Waals surface area contributed by atoms with Crippen LogP contribution >= 0.6 is 12.2 Å². The minimum Gasteiger partial charge on any atom is -0.330 e. The second-order valence-corrected chi connectivity index (χ2v) is 5.73. The number of hydrogen-bond acceptors (Lipinski definition) is 2. The molecule has 0 bridgehead atoms. The van der Waals surface area contributed by atoms with Crippen molar-refractivity contribution in [1.29, 1.82) is 0 Å². The SMILES string of the molecule is O=C(C=Cc1cccc2ccccc12)NC(=S)Nc1ccccc1F. The minimum atomic E-state index is -0.439. The van der Waals surface area contributed by atoms with E-state index in [1.807, 2.05) is 42.5 Å². The summed E-state index contributed by atoms with van der Waals surface area (Å²) in [5.74, 6) is -0.827. The van der Waals surface area contributed by atoms with Crippen LogP contribution < -0.4 is 10.6 Å². The van der Waals surface area contributed by atoms with Gasteiger partial charge in [0, 0.05) is 6.08 Å². The zero-order valence-electron chi connectivity index (χ0n) is 13.2. The summed E-state index contributed by atoms with van der Waals surface area (Å²) in [4.78, 5) is 12.0. The van der Waals surface area contributed by atoms with Crippen LogP contribution in [0, 0.1) is 5.82 Å². The minimum absolute atomic E-state index is 0.0395. The topological polar surface area (TPSA) is 41.1 Å². The van der Waals surface area contributed by atoms with Crippen LogP contribution in [0.5, 0.6) is 0 Å². The highest BCUT2D eigenvalue weighted by atomic mass is 32.1. The second kappa shape index (κ2) is 7.68. The number of anilines is 1. The van der Waals surface area contributed by atoms with E-state index in [1.165, 1.54) is 12.1 Å². The number of nitrogens with one attached hydrogen (secondary N) is 2. The Morgan fingerprint density at radius 1 is 0.960 bits per heavy atom. The summed E-state index contributed by atoms with van der Waals surface area (Å²) in [5, 5.41) is 7.36. The number of benzene rings is 3. The monoisotopic (exact) mass is 350 g/mol. The molecule has 5 heteroatoms. The number of hydrogen-bond donors (Lipinski definition) is 2. The summed E-state index contributed by atoms with van der Waals surface area (Å²) < 4.78 is 13.6. The summed E-state index contributed by atoms with van der Waals surface area (Å²) >= 11 is 5.04. The molecule has 3 aromatic rings. The lowest BCUT2D eigenvalue weighted by Gasteiger charge is -2.08. The van der Waals surface area contributed by atoms with Crippen molar-refractivity contribution in [2.75, 3.05) is 5.32 Å². The van der Waals surface area contributed by atoms with Gasteiger partial charge in [0.05, 0.1) is 5.69 Å². The lowest BCUT2D eigenvalue weighted by atomic mass is 10.0. The summed E-state index contributed by atoms with van der Waals surface area (Å²) in [5.41, 5.74) is 1.15. The zero-order chi connectivity index (χ0) is 17.6. The largest absolute Gasteiger partial charge is 0.330 e. The van der Waals surface area contributed by atoms with E-state index in [4.69, 9.17) is 12.2 Å². The molecule has 25 heavy (non-hydrogen) atoms. The molecule has 0 aliphatic carbocycles. The van der Waals surface area contributed by atoms with Gasteiger partial charge in [-0.1, -0.05) is 54.6 Å². The zero-order valence-corrected chi connectivity index (χ0v) is 14.0. The first kappa shape index (κ1) is 16.8. The molecule has 0 spiro atoms. The molecule has 0 radical (unpaired) electrons. The van der Waals surface area contributed by atoms with Gasteiger partial charge in [0.15, 0.2) is 5.11 Å². The lowest BCUT2D eigenvalue weighted by Crippen LogP contribution is -2.33. The fourth-order valence-corrected chi connectivity index (χ4v) is 2.64. The number of rotatable bonds is 3. The van der Waals surface area contributed by atoms with Crippen molar-refractivity contribution in [2.24, 2.45) is 0 Å². The molecule has 3 aromatic carbocycles. The highest BCUT2D eigenvalue weighted by molar-refractivity contribution is 7.80. The van der Waals surface area contributed by atoms with Crippen LogP contribution in [0.15, 0.2) is 72.8 Å². The van der Waals surface area contributed by atoms with Gasteiger partial charge in [-0.05, 0) is 46.8 Å². The molecule has 1 amide bonds. The van der Waals surface area contributed by atoms with Crippen LogP contribution in [-0.4, -0.2) is 11.0 Å². The van der Waals surface area contributed by atoms with Crippen molar-refractivity contribution in [3.05, 3.63) is 84.2 Å². The molecule has 0 unspecified atom stereocenters. The summed E-state index contributed by atoms with van der Waals surface area (Å²) in [6, 6.07) is 19.9. The van der Waals surface area contributed by atoms with E-state index in [1.54, 1.807) is 24.3 Å². The van der Waals surface area contributed by atoms with E-state index in [0.29, 0.717) is 0 Å². The molecule has 0 aromatic heterocycles. The number of thiocarbonyl (C=S) groups is 1. The third-order valence-corrected chi connectivity index (χ3v) is 3.80. The van der Waals surface area contributed by atoms with Crippen LogP contribution in [0.4, 0.5) is 10.1 Å². The molecule has 0 fully saturated rings. The van der Waals surface area contributed by atoms with E-state index in [-0.39, 0.29) is 16.7 Å². The smallest absolute Gasteiger partial charge is 0.250 e. The maximum absolute atomic E-state index is 13.6. The molecule has 0 aliphatic rings. The van der Waals surface area contributed by atoms with Gasteiger partial charge in [0.25, 0.3) is 0 Å². The molecular weight excluding hydrogens is 335 g/mol. The lowest BCUT2D eigenvalue weighted by molar-refractivity contribution is -0.115. The van der Waals surface area contributed by atoms with E-state index in [2.05, 4.69) is 10.6 Å². The van der Waals surface area contributed by atoms with Crippen molar-refractivity contribution < 1.29 is 9.18 Å². The fraction of sp³-hybridized carbons (Fsp3) is 0. The molecular formula is C20H15FN2OS. The van der Waals surface area contributed by atoms with Crippen LogP contribution in [0.1, 0.15) is 5.56 Å². The average molecular weight is 350 g/mol. The Morgan fingerprint density at radius 2 is 1.68 bits per heavy atom. The maximum atomic E-state index is 13.6. The summed E-state index contributed by atoms with van der Waals surface area (Å²) in [7, 11) is 0. The number of carbonyl (C=O) groups is 1. The molecule has 2 N–H and O–H groups in total. The van der Waals surface area contributed by atoms with Crippen LogP contribution in [0.3, 0.4) is 0 Å². The molecule has 0 heterocycles. The van der Waals surface area contributed by atoms with E-state index in [9.17, 15) is 9.18 Å². The molecule has 3 nitrogen and oxygen atoms in total. The normalized spacial score (nSPS) is 10.8. The first-order valence-electron chi connectivity index (χ1n) is 7.66.